The minimum atomic E-state index is -3.41. The van der Waals surface area contributed by atoms with Crippen LogP contribution in [-0.4, -0.2) is 38.5 Å². The third kappa shape index (κ3) is 2.78. The molecule has 2 aliphatic rings. The van der Waals surface area contributed by atoms with Gasteiger partial charge in [-0.05, 0) is 31.9 Å². The molecule has 2 atom stereocenters. The van der Waals surface area contributed by atoms with E-state index in [-0.39, 0.29) is 6.04 Å². The van der Waals surface area contributed by atoms with Crippen LogP contribution in [0, 0.1) is 0 Å². The summed E-state index contributed by atoms with van der Waals surface area (Å²) in [6.45, 7) is 2.51. The summed E-state index contributed by atoms with van der Waals surface area (Å²) < 4.78 is 27.8. The highest BCUT2D eigenvalue weighted by molar-refractivity contribution is 7.89. The van der Waals surface area contributed by atoms with Gasteiger partial charge in [0.05, 0.1) is 4.90 Å². The lowest BCUT2D eigenvalue weighted by Crippen LogP contribution is -2.46. The number of hydrogen-bond acceptors (Lipinski definition) is 5. The Balaban J connectivity index is 1.73. The maximum absolute atomic E-state index is 12.4. The molecular weight excluding hydrogens is 294 g/mol. The third-order valence-corrected chi connectivity index (χ3v) is 6.88. The lowest BCUT2D eigenvalue weighted by molar-refractivity contribution is 0.186. The van der Waals surface area contributed by atoms with Crippen molar-refractivity contribution >= 4 is 21.4 Å². The number of nitrogens with two attached hydrogens (primary N) is 1. The van der Waals surface area contributed by atoms with Crippen molar-refractivity contribution in [2.45, 2.75) is 49.2 Å². The van der Waals surface area contributed by atoms with Crippen molar-refractivity contribution in [3.63, 3.8) is 0 Å². The van der Waals surface area contributed by atoms with Gasteiger partial charge in [-0.2, -0.15) is 0 Å². The molecule has 0 bridgehead atoms. The predicted octanol–water partition coefficient (Wildman–Crippen LogP) is 1.11. The van der Waals surface area contributed by atoms with Gasteiger partial charge in [0.1, 0.15) is 0 Å². The van der Waals surface area contributed by atoms with Crippen molar-refractivity contribution in [2.24, 2.45) is 5.73 Å². The van der Waals surface area contributed by atoms with Gasteiger partial charge in [0.2, 0.25) is 10.0 Å². The maximum Gasteiger partial charge on any atom is 0.241 e. The lowest BCUT2D eigenvalue weighted by atomic mass is 10.00. The first-order chi connectivity index (χ1) is 9.60. The van der Waals surface area contributed by atoms with E-state index in [1.165, 1.54) is 24.2 Å². The van der Waals surface area contributed by atoms with Gasteiger partial charge < -0.3 is 5.73 Å². The van der Waals surface area contributed by atoms with Gasteiger partial charge in [0.25, 0.3) is 0 Å². The number of hydrogen-bond donors (Lipinski definition) is 2. The summed E-state index contributed by atoms with van der Waals surface area (Å²) in [5, 5.41) is 1.68. The molecule has 3 rings (SSSR count). The monoisotopic (exact) mass is 315 g/mol. The molecule has 0 saturated carbocycles. The molecule has 0 radical (unpaired) electrons. The molecule has 2 fully saturated rings. The zero-order valence-electron chi connectivity index (χ0n) is 11.4. The Hall–Kier alpha value is -0.470. The number of thiophene rings is 1. The Morgan fingerprint density at radius 2 is 2.20 bits per heavy atom. The van der Waals surface area contributed by atoms with E-state index in [1.54, 1.807) is 11.4 Å². The normalized spacial score (nSPS) is 27.6. The molecule has 0 amide bonds. The summed E-state index contributed by atoms with van der Waals surface area (Å²) in [4.78, 5) is 3.68. The molecule has 112 valence electrons. The van der Waals surface area contributed by atoms with Gasteiger partial charge in [0, 0.05) is 35.4 Å². The van der Waals surface area contributed by atoms with Gasteiger partial charge in [-0.25, -0.2) is 13.1 Å². The highest BCUT2D eigenvalue weighted by atomic mass is 32.2. The number of fused-ring (bicyclic) bond motifs is 1. The van der Waals surface area contributed by atoms with Gasteiger partial charge in [-0.1, -0.05) is 6.42 Å². The molecular formula is C13H21N3O2S2. The van der Waals surface area contributed by atoms with Crippen molar-refractivity contribution in [3.8, 4) is 0 Å². The van der Waals surface area contributed by atoms with Gasteiger partial charge in [0.15, 0.2) is 0 Å². The lowest BCUT2D eigenvalue weighted by Gasteiger charge is -2.32. The van der Waals surface area contributed by atoms with Crippen molar-refractivity contribution in [2.75, 3.05) is 13.1 Å². The van der Waals surface area contributed by atoms with E-state index in [2.05, 4.69) is 9.62 Å². The minimum Gasteiger partial charge on any atom is -0.326 e. The second-order valence-electron chi connectivity index (χ2n) is 5.57. The van der Waals surface area contributed by atoms with Crippen LogP contribution < -0.4 is 10.5 Å². The van der Waals surface area contributed by atoms with E-state index in [9.17, 15) is 8.42 Å². The number of nitrogens with zero attached hydrogens (tertiary/aromatic N) is 1. The van der Waals surface area contributed by atoms with Crippen molar-refractivity contribution in [1.29, 1.82) is 0 Å². The number of sulfonamides is 1. The first kappa shape index (κ1) is 14.5. The molecule has 20 heavy (non-hydrogen) atoms. The first-order valence-corrected chi connectivity index (χ1v) is 9.50. The molecule has 3 N–H and O–H groups in total. The van der Waals surface area contributed by atoms with Gasteiger partial charge in [-0.15, -0.1) is 11.3 Å². The SMILES string of the molecule is NCc1cc(S(=O)(=O)NC2CCN3CCCCC23)cs1. The summed E-state index contributed by atoms with van der Waals surface area (Å²) in [6, 6.07) is 2.12. The Morgan fingerprint density at radius 3 is 2.95 bits per heavy atom. The van der Waals surface area contributed by atoms with Crippen LogP contribution in [0.2, 0.25) is 0 Å². The minimum absolute atomic E-state index is 0.0570. The van der Waals surface area contributed by atoms with E-state index < -0.39 is 10.0 Å². The van der Waals surface area contributed by atoms with E-state index >= 15 is 0 Å². The average molecular weight is 315 g/mol. The molecule has 1 aromatic heterocycles. The number of rotatable bonds is 4. The summed E-state index contributed by atoms with van der Waals surface area (Å²) in [5.41, 5.74) is 5.55. The predicted molar refractivity (Wildman–Crippen MR) is 80.1 cm³/mol. The van der Waals surface area contributed by atoms with Crippen LogP contribution in [0.5, 0.6) is 0 Å². The first-order valence-electron chi connectivity index (χ1n) is 7.14. The third-order valence-electron chi connectivity index (χ3n) is 4.30. The van der Waals surface area contributed by atoms with E-state index in [0.717, 1.165) is 30.8 Å². The Bertz CT molecular complexity index is 570. The summed E-state index contributed by atoms with van der Waals surface area (Å²) in [6.07, 6.45) is 4.46. The van der Waals surface area contributed by atoms with Gasteiger partial charge >= 0.3 is 0 Å². The second kappa shape index (κ2) is 5.73. The zero-order valence-corrected chi connectivity index (χ0v) is 13.0. The Labute approximate surface area is 124 Å². The van der Waals surface area contributed by atoms with Crippen LogP contribution >= 0.6 is 11.3 Å². The van der Waals surface area contributed by atoms with E-state index in [4.69, 9.17) is 5.73 Å². The van der Waals surface area contributed by atoms with Crippen molar-refractivity contribution in [1.82, 2.24) is 9.62 Å². The molecule has 3 heterocycles. The fraction of sp³-hybridized carbons (Fsp3) is 0.692. The quantitative estimate of drug-likeness (QED) is 0.873. The van der Waals surface area contributed by atoms with Gasteiger partial charge in [-0.3, -0.25) is 4.90 Å². The molecule has 0 spiro atoms. The molecule has 0 aliphatic carbocycles. The summed E-state index contributed by atoms with van der Waals surface area (Å²) in [7, 11) is -3.41. The highest BCUT2D eigenvalue weighted by Crippen LogP contribution is 2.28. The van der Waals surface area contributed by atoms with Crippen LogP contribution in [0.4, 0.5) is 0 Å². The van der Waals surface area contributed by atoms with Crippen molar-refractivity contribution < 1.29 is 8.42 Å². The molecule has 0 aromatic carbocycles. The largest absolute Gasteiger partial charge is 0.326 e. The highest BCUT2D eigenvalue weighted by Gasteiger charge is 2.37. The summed E-state index contributed by atoms with van der Waals surface area (Å²) >= 11 is 1.40. The molecule has 2 aliphatic heterocycles. The fourth-order valence-electron chi connectivity index (χ4n) is 3.26. The fourth-order valence-corrected chi connectivity index (χ4v) is 5.72. The summed E-state index contributed by atoms with van der Waals surface area (Å²) in [5.74, 6) is 0. The van der Waals surface area contributed by atoms with Crippen LogP contribution in [-0.2, 0) is 16.6 Å². The van der Waals surface area contributed by atoms with Crippen LogP contribution in [0.25, 0.3) is 0 Å². The molecule has 1 aromatic rings. The van der Waals surface area contributed by atoms with Crippen LogP contribution in [0.3, 0.4) is 0 Å². The molecule has 7 heteroatoms. The zero-order chi connectivity index (χ0) is 14.2. The number of piperidine rings is 1. The van der Waals surface area contributed by atoms with E-state index in [0.29, 0.717) is 17.5 Å². The average Bonchev–Trinajstić information content (AvgIpc) is 3.06. The van der Waals surface area contributed by atoms with Crippen LogP contribution in [0.15, 0.2) is 16.3 Å². The smallest absolute Gasteiger partial charge is 0.241 e. The van der Waals surface area contributed by atoms with Crippen molar-refractivity contribution in [3.05, 3.63) is 16.3 Å². The topological polar surface area (TPSA) is 75.4 Å². The maximum atomic E-state index is 12.4. The Morgan fingerprint density at radius 1 is 1.35 bits per heavy atom. The second-order valence-corrected chi connectivity index (χ2v) is 8.28. The molecule has 5 nitrogen and oxygen atoms in total. The number of nitrogens with one attached hydrogen (secondary N) is 1. The molecule has 2 unspecified atom stereocenters. The molecule has 2 saturated heterocycles. The van der Waals surface area contributed by atoms with E-state index in [1.807, 2.05) is 0 Å². The standard InChI is InChI=1S/C13H21N3O2S2/c14-8-10-7-11(9-19-10)20(17,18)15-12-4-6-16-5-2-1-3-13(12)16/h7,9,12-13,15H,1-6,8,14H2. The van der Waals surface area contributed by atoms with Crippen LogP contribution in [0.1, 0.15) is 30.6 Å². The Kier molecular flexibility index (Phi) is 4.14.